The summed E-state index contributed by atoms with van der Waals surface area (Å²) in [6.07, 6.45) is 5.88. The highest BCUT2D eigenvalue weighted by Crippen LogP contribution is 2.52. The molecular weight excluding hydrogens is 96.1 g/mol. The summed E-state index contributed by atoms with van der Waals surface area (Å²) in [4.78, 5) is 0. The molecule has 0 N–H and O–H groups in total. The lowest BCUT2D eigenvalue weighted by molar-refractivity contribution is 0.393. The second-order valence-electron chi connectivity index (χ2n) is 3.35. The Bertz CT molecular complexity index is 96.2. The quantitative estimate of drug-likeness (QED) is 0.447. The second-order valence-corrected chi connectivity index (χ2v) is 3.35. The zero-order valence-corrected chi connectivity index (χ0v) is 5.27. The van der Waals surface area contributed by atoms with Crippen molar-refractivity contribution >= 4 is 0 Å². The van der Waals surface area contributed by atoms with Gasteiger partial charge in [0.2, 0.25) is 0 Å². The molecule has 2 saturated carbocycles. The largest absolute Gasteiger partial charge is 0.0528 e. The van der Waals surface area contributed by atoms with E-state index in [1.807, 2.05) is 0 Å². The van der Waals surface area contributed by atoms with E-state index in [1.165, 1.54) is 25.7 Å². The van der Waals surface area contributed by atoms with E-state index < -0.39 is 0 Å². The maximum atomic E-state index is 4.12. The van der Waals surface area contributed by atoms with Gasteiger partial charge >= 0.3 is 0 Å². The fourth-order valence-electron chi connectivity index (χ4n) is 2.04. The van der Waals surface area contributed by atoms with Crippen molar-refractivity contribution in [2.45, 2.75) is 25.7 Å². The summed E-state index contributed by atoms with van der Waals surface area (Å²) in [5.41, 5.74) is 0. The Morgan fingerprint density at radius 3 is 2.75 bits per heavy atom. The average Bonchev–Trinajstić information content (AvgIpc) is 2.45. The summed E-state index contributed by atoms with van der Waals surface area (Å²) in [6.45, 7) is 4.12. The van der Waals surface area contributed by atoms with Crippen LogP contribution in [0.25, 0.3) is 0 Å². The minimum atomic E-state index is 0.828. The highest BCUT2D eigenvalue weighted by Gasteiger charge is 2.42. The molecule has 0 heterocycles. The molecule has 45 valence electrons. The molecule has 8 heavy (non-hydrogen) atoms. The molecule has 3 unspecified atom stereocenters. The monoisotopic (exact) mass is 109 g/mol. The summed E-state index contributed by atoms with van der Waals surface area (Å²) >= 11 is 0. The van der Waals surface area contributed by atoms with Gasteiger partial charge in [0.15, 0.2) is 0 Å². The molecule has 0 spiro atoms. The maximum Gasteiger partial charge on any atom is -0.0355 e. The molecular formula is C8H13. The summed E-state index contributed by atoms with van der Waals surface area (Å²) in [6, 6.07) is 0. The highest BCUT2D eigenvalue weighted by atomic mass is 14.5. The third-order valence-corrected chi connectivity index (χ3v) is 2.73. The van der Waals surface area contributed by atoms with Crippen LogP contribution >= 0.6 is 0 Å². The van der Waals surface area contributed by atoms with Gasteiger partial charge in [0, 0.05) is 0 Å². The fraction of sp³-hybridized carbons (Fsp3) is 0.875. The fourth-order valence-corrected chi connectivity index (χ4v) is 2.04. The number of rotatable bonds is 0. The van der Waals surface area contributed by atoms with E-state index in [-0.39, 0.29) is 0 Å². The first kappa shape index (κ1) is 4.84. The van der Waals surface area contributed by atoms with Gasteiger partial charge in [-0.2, -0.15) is 0 Å². The molecule has 1 radical (unpaired) electrons. The summed E-state index contributed by atoms with van der Waals surface area (Å²) in [5, 5.41) is 0. The Balaban J connectivity index is 1.99. The third kappa shape index (κ3) is 0.586. The van der Waals surface area contributed by atoms with E-state index >= 15 is 0 Å². The first-order chi connectivity index (χ1) is 3.88. The summed E-state index contributed by atoms with van der Waals surface area (Å²) in [7, 11) is 0. The van der Waals surface area contributed by atoms with Crippen molar-refractivity contribution in [3.63, 3.8) is 0 Å². The van der Waals surface area contributed by atoms with Gasteiger partial charge in [-0.05, 0) is 31.1 Å². The van der Waals surface area contributed by atoms with Crippen molar-refractivity contribution in [2.75, 3.05) is 0 Å². The molecule has 0 nitrogen and oxygen atoms in total. The van der Waals surface area contributed by atoms with Gasteiger partial charge in [-0.3, -0.25) is 0 Å². The lowest BCUT2D eigenvalue weighted by Gasteiger charge is -2.15. The standard InChI is InChI=1S/C8H13/c1-6-3-2-4-7-5-8(6)7/h6-8H,1-5H2. The van der Waals surface area contributed by atoms with E-state index in [9.17, 15) is 0 Å². The van der Waals surface area contributed by atoms with E-state index in [2.05, 4.69) is 6.92 Å². The van der Waals surface area contributed by atoms with Crippen molar-refractivity contribution < 1.29 is 0 Å². The number of hydrogen-bond acceptors (Lipinski definition) is 0. The Hall–Kier alpha value is 0. The molecule has 0 bridgehead atoms. The molecule has 2 aliphatic carbocycles. The van der Waals surface area contributed by atoms with Crippen LogP contribution in [0.15, 0.2) is 0 Å². The van der Waals surface area contributed by atoms with Gasteiger partial charge < -0.3 is 0 Å². The number of fused-ring (bicyclic) bond motifs is 1. The van der Waals surface area contributed by atoms with Crippen LogP contribution in [0.3, 0.4) is 0 Å². The van der Waals surface area contributed by atoms with Gasteiger partial charge in [-0.25, -0.2) is 0 Å². The predicted octanol–water partition coefficient (Wildman–Crippen LogP) is 2.26. The molecule has 0 aliphatic heterocycles. The van der Waals surface area contributed by atoms with E-state index in [0.717, 1.165) is 17.8 Å². The SMILES string of the molecule is [CH2]C1CCCC2CC12. The molecule has 2 fully saturated rings. The molecule has 3 atom stereocenters. The van der Waals surface area contributed by atoms with E-state index in [1.54, 1.807) is 0 Å². The molecule has 0 amide bonds. The van der Waals surface area contributed by atoms with Crippen LogP contribution in [0, 0.1) is 24.7 Å². The van der Waals surface area contributed by atoms with Crippen LogP contribution < -0.4 is 0 Å². The molecule has 0 aromatic carbocycles. The van der Waals surface area contributed by atoms with Crippen LogP contribution in [0.5, 0.6) is 0 Å². The normalized spacial score (nSPS) is 52.9. The Morgan fingerprint density at radius 1 is 1.25 bits per heavy atom. The first-order valence-corrected chi connectivity index (χ1v) is 3.71. The lowest BCUT2D eigenvalue weighted by Crippen LogP contribution is -2.04. The average molecular weight is 109 g/mol. The van der Waals surface area contributed by atoms with Gasteiger partial charge in [-0.15, -0.1) is 0 Å². The third-order valence-electron chi connectivity index (χ3n) is 2.73. The first-order valence-electron chi connectivity index (χ1n) is 3.71. The molecule has 2 aliphatic rings. The zero-order chi connectivity index (χ0) is 5.56. The molecule has 0 heteroatoms. The summed E-state index contributed by atoms with van der Waals surface area (Å²) < 4.78 is 0. The second kappa shape index (κ2) is 1.49. The predicted molar refractivity (Wildman–Crippen MR) is 34.3 cm³/mol. The van der Waals surface area contributed by atoms with Gasteiger partial charge in [-0.1, -0.05) is 19.3 Å². The van der Waals surface area contributed by atoms with Crippen LogP contribution in [-0.4, -0.2) is 0 Å². The topological polar surface area (TPSA) is 0 Å². The summed E-state index contributed by atoms with van der Waals surface area (Å²) in [5.74, 6) is 3.00. The van der Waals surface area contributed by atoms with E-state index in [4.69, 9.17) is 0 Å². The van der Waals surface area contributed by atoms with Crippen LogP contribution in [0.1, 0.15) is 25.7 Å². The Kier molecular flexibility index (Phi) is 0.902. The minimum absolute atomic E-state index is 0.828. The molecule has 0 aromatic rings. The van der Waals surface area contributed by atoms with Gasteiger partial charge in [0.05, 0.1) is 0 Å². The van der Waals surface area contributed by atoms with Crippen molar-refractivity contribution in [1.82, 2.24) is 0 Å². The zero-order valence-electron chi connectivity index (χ0n) is 5.27. The van der Waals surface area contributed by atoms with Crippen molar-refractivity contribution in [3.05, 3.63) is 6.92 Å². The van der Waals surface area contributed by atoms with Crippen molar-refractivity contribution in [3.8, 4) is 0 Å². The van der Waals surface area contributed by atoms with Crippen LogP contribution in [-0.2, 0) is 0 Å². The smallest absolute Gasteiger partial charge is 0.0355 e. The van der Waals surface area contributed by atoms with Crippen molar-refractivity contribution in [1.29, 1.82) is 0 Å². The van der Waals surface area contributed by atoms with Crippen LogP contribution in [0.2, 0.25) is 0 Å². The van der Waals surface area contributed by atoms with Gasteiger partial charge in [0.25, 0.3) is 0 Å². The Labute approximate surface area is 51.3 Å². The highest BCUT2D eigenvalue weighted by molar-refractivity contribution is 4.95. The van der Waals surface area contributed by atoms with E-state index in [0.29, 0.717) is 0 Å². The molecule has 0 saturated heterocycles. The Morgan fingerprint density at radius 2 is 2.12 bits per heavy atom. The van der Waals surface area contributed by atoms with Gasteiger partial charge in [0.1, 0.15) is 0 Å². The molecule has 0 aromatic heterocycles. The number of hydrogen-bond donors (Lipinski definition) is 0. The maximum absolute atomic E-state index is 4.12. The minimum Gasteiger partial charge on any atom is -0.0528 e. The molecule has 2 rings (SSSR count). The van der Waals surface area contributed by atoms with Crippen LogP contribution in [0.4, 0.5) is 0 Å². The van der Waals surface area contributed by atoms with Crippen molar-refractivity contribution in [2.24, 2.45) is 17.8 Å². The lowest BCUT2D eigenvalue weighted by atomic mass is 9.91.